The Labute approximate surface area is 153 Å². The first-order valence-corrected chi connectivity index (χ1v) is 8.81. The molecule has 0 spiro atoms. The maximum Gasteiger partial charge on any atom is 0.416 e. The molecule has 4 amide bonds. The molecule has 2 heterocycles. The van der Waals surface area contributed by atoms with Crippen LogP contribution < -0.4 is 5.32 Å². The van der Waals surface area contributed by atoms with E-state index in [0.717, 1.165) is 17.7 Å². The van der Waals surface area contributed by atoms with Crippen molar-refractivity contribution in [3.8, 4) is 0 Å². The summed E-state index contributed by atoms with van der Waals surface area (Å²) in [7, 11) is 0. The smallest absolute Gasteiger partial charge is 0.338 e. The van der Waals surface area contributed by atoms with Crippen LogP contribution >= 0.6 is 0 Å². The number of alkyl halides is 3. The Hall–Kier alpha value is -2.58. The van der Waals surface area contributed by atoms with Gasteiger partial charge in [-0.3, -0.25) is 14.9 Å². The van der Waals surface area contributed by atoms with Crippen molar-refractivity contribution in [2.24, 2.45) is 5.92 Å². The summed E-state index contributed by atoms with van der Waals surface area (Å²) in [5.74, 6) is -0.554. The molecule has 2 aliphatic heterocycles. The van der Waals surface area contributed by atoms with Crippen LogP contribution in [-0.2, 0) is 15.8 Å². The number of amides is 4. The van der Waals surface area contributed by atoms with Crippen molar-refractivity contribution in [1.82, 2.24) is 15.1 Å². The van der Waals surface area contributed by atoms with Crippen LogP contribution in [0.5, 0.6) is 0 Å². The number of carbonyl (C=O) groups excluding carboxylic acids is 3. The normalized spacial score (nSPS) is 27.9. The zero-order valence-electron chi connectivity index (χ0n) is 14.3. The molecule has 2 saturated heterocycles. The van der Waals surface area contributed by atoms with Crippen molar-refractivity contribution >= 4 is 17.8 Å². The van der Waals surface area contributed by atoms with Crippen LogP contribution in [0.2, 0.25) is 0 Å². The maximum absolute atomic E-state index is 12.7. The Balaban J connectivity index is 1.34. The van der Waals surface area contributed by atoms with E-state index in [0.29, 0.717) is 25.9 Å². The third kappa shape index (κ3) is 3.15. The summed E-state index contributed by atoms with van der Waals surface area (Å²) >= 11 is 0. The maximum atomic E-state index is 12.7. The molecule has 1 aliphatic carbocycles. The highest BCUT2D eigenvalue weighted by Gasteiger charge is 2.45. The predicted molar refractivity (Wildman–Crippen MR) is 87.5 cm³/mol. The van der Waals surface area contributed by atoms with Crippen molar-refractivity contribution in [3.05, 3.63) is 35.4 Å². The lowest BCUT2D eigenvalue weighted by Gasteiger charge is -2.41. The number of halogens is 3. The van der Waals surface area contributed by atoms with Gasteiger partial charge in [0.2, 0.25) is 5.91 Å². The van der Waals surface area contributed by atoms with E-state index in [9.17, 15) is 27.6 Å². The second kappa shape index (κ2) is 6.24. The van der Waals surface area contributed by atoms with E-state index in [4.69, 9.17) is 0 Å². The number of fused-ring (bicyclic) bond motifs is 1. The number of piperazine rings is 1. The molecule has 0 radical (unpaired) electrons. The van der Waals surface area contributed by atoms with Gasteiger partial charge in [-0.15, -0.1) is 0 Å². The molecule has 1 N–H and O–H groups in total. The van der Waals surface area contributed by atoms with Crippen LogP contribution in [-0.4, -0.2) is 53.3 Å². The summed E-state index contributed by atoms with van der Waals surface area (Å²) in [5, 5.41) is 2.25. The first kappa shape index (κ1) is 17.8. The molecular formula is C18H18F3N3O3. The van der Waals surface area contributed by atoms with Gasteiger partial charge >= 0.3 is 12.2 Å². The molecule has 1 aromatic rings. The van der Waals surface area contributed by atoms with E-state index in [1.165, 1.54) is 17.0 Å². The fourth-order valence-electron chi connectivity index (χ4n) is 4.01. The van der Waals surface area contributed by atoms with Gasteiger partial charge in [-0.2, -0.15) is 13.2 Å². The van der Waals surface area contributed by atoms with Gasteiger partial charge in [0.1, 0.15) is 6.04 Å². The molecule has 144 valence electrons. The van der Waals surface area contributed by atoms with Crippen LogP contribution in [0.25, 0.3) is 0 Å². The summed E-state index contributed by atoms with van der Waals surface area (Å²) in [5.41, 5.74) is 0.123. The van der Waals surface area contributed by atoms with Gasteiger partial charge in [0.15, 0.2) is 0 Å². The minimum Gasteiger partial charge on any atom is -0.338 e. The van der Waals surface area contributed by atoms with Gasteiger partial charge in [0.05, 0.1) is 12.1 Å². The summed E-state index contributed by atoms with van der Waals surface area (Å²) in [6, 6.07) is 4.05. The van der Waals surface area contributed by atoms with Crippen molar-refractivity contribution in [1.29, 1.82) is 0 Å². The lowest BCUT2D eigenvalue weighted by Crippen LogP contribution is -2.56. The molecule has 3 aliphatic rings. The predicted octanol–water partition coefficient (Wildman–Crippen LogP) is 1.96. The molecule has 9 heteroatoms. The first-order chi connectivity index (χ1) is 12.7. The molecule has 1 aromatic carbocycles. The van der Waals surface area contributed by atoms with E-state index in [1.807, 2.05) is 0 Å². The van der Waals surface area contributed by atoms with Crippen LogP contribution in [0.15, 0.2) is 24.3 Å². The number of hydrogen-bond acceptors (Lipinski definition) is 3. The fourth-order valence-corrected chi connectivity index (χ4v) is 4.01. The number of rotatable bonds is 2. The van der Waals surface area contributed by atoms with E-state index in [-0.39, 0.29) is 30.2 Å². The molecule has 27 heavy (non-hydrogen) atoms. The van der Waals surface area contributed by atoms with Crippen LogP contribution in [0.4, 0.5) is 18.0 Å². The van der Waals surface area contributed by atoms with Crippen LogP contribution in [0, 0.1) is 5.92 Å². The highest BCUT2D eigenvalue weighted by atomic mass is 19.4. The van der Waals surface area contributed by atoms with E-state index < -0.39 is 23.8 Å². The van der Waals surface area contributed by atoms with E-state index >= 15 is 0 Å². The molecule has 1 saturated carbocycles. The molecule has 0 bridgehead atoms. The monoisotopic (exact) mass is 381 g/mol. The minimum atomic E-state index is -4.35. The van der Waals surface area contributed by atoms with Gasteiger partial charge < -0.3 is 9.80 Å². The number of nitrogens with one attached hydrogen (secondary N) is 1. The number of nitrogens with zero attached hydrogens (tertiary/aromatic N) is 2. The van der Waals surface area contributed by atoms with Gasteiger partial charge in [0, 0.05) is 19.0 Å². The molecule has 0 aromatic heterocycles. The van der Waals surface area contributed by atoms with Crippen molar-refractivity contribution in [3.63, 3.8) is 0 Å². The first-order valence-electron chi connectivity index (χ1n) is 8.81. The molecule has 6 nitrogen and oxygen atoms in total. The molecule has 3 fully saturated rings. The lowest BCUT2D eigenvalue weighted by atomic mass is 9.70. The van der Waals surface area contributed by atoms with Gasteiger partial charge in [-0.25, -0.2) is 4.79 Å². The summed E-state index contributed by atoms with van der Waals surface area (Å²) in [6.45, 7) is 0.901. The van der Waals surface area contributed by atoms with E-state index in [2.05, 4.69) is 5.32 Å². The van der Waals surface area contributed by atoms with Crippen LogP contribution in [0.1, 0.15) is 29.9 Å². The highest BCUT2D eigenvalue weighted by Crippen LogP contribution is 2.43. The fraction of sp³-hybridized carbons (Fsp3) is 0.500. The average molecular weight is 381 g/mol. The third-order valence-electron chi connectivity index (χ3n) is 5.68. The molecule has 4 rings (SSSR count). The number of urea groups is 1. The number of hydrogen-bond donors (Lipinski definition) is 1. The lowest BCUT2D eigenvalue weighted by molar-refractivity contribution is -0.142. The zero-order chi connectivity index (χ0) is 19.3. The Morgan fingerprint density at radius 1 is 1.07 bits per heavy atom. The standard InChI is InChI=1S/C18H18F3N3O3/c19-18(20,21)13-3-1-10(2-4-13)11-7-12(8-11)16(26)23-5-6-24-14(9-23)15(25)22-17(24)27/h1-4,11-12,14H,5-9H2,(H,22,25,27). The average Bonchev–Trinajstić information content (AvgIpc) is 2.87. The second-order valence-corrected chi connectivity index (χ2v) is 7.27. The molecule has 1 unspecified atom stereocenters. The second-order valence-electron chi connectivity index (χ2n) is 7.27. The Morgan fingerprint density at radius 2 is 1.74 bits per heavy atom. The summed E-state index contributed by atoms with van der Waals surface area (Å²) in [6.07, 6.45) is -3.19. The highest BCUT2D eigenvalue weighted by molar-refractivity contribution is 6.04. The van der Waals surface area contributed by atoms with Crippen molar-refractivity contribution < 1.29 is 27.6 Å². The summed E-state index contributed by atoms with van der Waals surface area (Å²) < 4.78 is 37.9. The topological polar surface area (TPSA) is 69.7 Å². The number of benzene rings is 1. The quantitative estimate of drug-likeness (QED) is 0.797. The Morgan fingerprint density at radius 3 is 2.37 bits per heavy atom. The number of imide groups is 1. The minimum absolute atomic E-state index is 0.0510. The number of carbonyl (C=O) groups is 3. The summed E-state index contributed by atoms with van der Waals surface area (Å²) in [4.78, 5) is 39.1. The SMILES string of the molecule is O=C1NC(=O)N2CCN(C(=O)C3CC(c4ccc(C(F)(F)F)cc4)C3)CC12. The largest absolute Gasteiger partial charge is 0.416 e. The van der Waals surface area contributed by atoms with Crippen molar-refractivity contribution in [2.45, 2.75) is 31.0 Å². The van der Waals surface area contributed by atoms with Crippen molar-refractivity contribution in [2.75, 3.05) is 19.6 Å². The third-order valence-corrected chi connectivity index (χ3v) is 5.68. The Bertz CT molecular complexity index is 787. The zero-order valence-corrected chi connectivity index (χ0v) is 14.3. The van der Waals surface area contributed by atoms with Gasteiger partial charge in [-0.05, 0) is 36.5 Å². The van der Waals surface area contributed by atoms with Gasteiger partial charge in [0.25, 0.3) is 5.91 Å². The molecular weight excluding hydrogens is 363 g/mol. The van der Waals surface area contributed by atoms with E-state index in [1.54, 1.807) is 4.90 Å². The van der Waals surface area contributed by atoms with Crippen LogP contribution in [0.3, 0.4) is 0 Å². The van der Waals surface area contributed by atoms with Gasteiger partial charge in [-0.1, -0.05) is 12.1 Å². The Kier molecular flexibility index (Phi) is 4.12. The molecule has 1 atom stereocenters.